The minimum Gasteiger partial charge on any atom is -0.496 e. The van der Waals surface area contributed by atoms with Crippen LogP contribution in [0.15, 0.2) is 54.6 Å². The Labute approximate surface area is 112 Å². The molecular formula is C16H16O3. The van der Waals surface area contributed by atoms with E-state index in [1.54, 1.807) is 7.11 Å². The summed E-state index contributed by atoms with van der Waals surface area (Å²) in [5, 5.41) is 9.41. The third kappa shape index (κ3) is 3.13. The van der Waals surface area contributed by atoms with E-state index in [1.807, 2.05) is 54.6 Å². The number of methoxy groups -OCH3 is 1. The summed E-state index contributed by atoms with van der Waals surface area (Å²) in [6.45, 7) is 0. The Morgan fingerprint density at radius 1 is 1.11 bits per heavy atom. The normalized spacial score (nSPS) is 11.8. The van der Waals surface area contributed by atoms with Crippen molar-refractivity contribution < 1.29 is 14.6 Å². The zero-order chi connectivity index (χ0) is 13.7. The molecule has 0 aliphatic heterocycles. The van der Waals surface area contributed by atoms with Gasteiger partial charge in [0, 0.05) is 0 Å². The average Bonchev–Trinajstić information content (AvgIpc) is 2.45. The van der Waals surface area contributed by atoms with Crippen LogP contribution in [0.2, 0.25) is 0 Å². The summed E-state index contributed by atoms with van der Waals surface area (Å²) in [7, 11) is 1.59. The van der Waals surface area contributed by atoms with Crippen molar-refractivity contribution in [3.63, 3.8) is 0 Å². The van der Waals surface area contributed by atoms with Gasteiger partial charge in [-0.3, -0.25) is 4.79 Å². The molecule has 0 fully saturated rings. The molecule has 0 saturated carbocycles. The van der Waals surface area contributed by atoms with Crippen LogP contribution in [0.1, 0.15) is 17.0 Å². The van der Waals surface area contributed by atoms with Gasteiger partial charge in [-0.2, -0.15) is 0 Å². The molecule has 0 heterocycles. The maximum absolute atomic E-state index is 11.5. The fourth-order valence-corrected chi connectivity index (χ4v) is 2.12. The van der Waals surface area contributed by atoms with Crippen molar-refractivity contribution in [1.82, 2.24) is 0 Å². The summed E-state index contributed by atoms with van der Waals surface area (Å²) in [5.41, 5.74) is 1.71. The lowest BCUT2D eigenvalue weighted by molar-refractivity contribution is -0.138. The van der Waals surface area contributed by atoms with Crippen LogP contribution in [0.3, 0.4) is 0 Å². The number of rotatable bonds is 5. The standard InChI is InChI=1S/C16H16O3/c1-19-15-10-6-5-9-13(15)11-14(16(17)18)12-7-3-2-4-8-12/h2-10,14H,11H2,1H3,(H,17,18). The van der Waals surface area contributed by atoms with E-state index in [0.717, 1.165) is 16.9 Å². The lowest BCUT2D eigenvalue weighted by atomic mass is 9.92. The van der Waals surface area contributed by atoms with Gasteiger partial charge in [0.2, 0.25) is 0 Å². The van der Waals surface area contributed by atoms with E-state index < -0.39 is 11.9 Å². The molecule has 1 atom stereocenters. The maximum Gasteiger partial charge on any atom is 0.311 e. The number of hydrogen-bond acceptors (Lipinski definition) is 2. The third-order valence-electron chi connectivity index (χ3n) is 3.12. The van der Waals surface area contributed by atoms with E-state index in [-0.39, 0.29) is 0 Å². The lowest BCUT2D eigenvalue weighted by Crippen LogP contribution is -2.14. The fraction of sp³-hybridized carbons (Fsp3) is 0.188. The number of hydrogen-bond donors (Lipinski definition) is 1. The monoisotopic (exact) mass is 256 g/mol. The van der Waals surface area contributed by atoms with Crippen molar-refractivity contribution in [3.8, 4) is 5.75 Å². The first-order valence-electron chi connectivity index (χ1n) is 6.12. The summed E-state index contributed by atoms with van der Waals surface area (Å²) in [4.78, 5) is 11.5. The Morgan fingerprint density at radius 3 is 2.37 bits per heavy atom. The molecule has 98 valence electrons. The molecule has 0 amide bonds. The Balaban J connectivity index is 2.30. The maximum atomic E-state index is 11.5. The molecule has 2 aromatic carbocycles. The van der Waals surface area contributed by atoms with Crippen LogP contribution in [-0.2, 0) is 11.2 Å². The second-order valence-electron chi connectivity index (χ2n) is 4.32. The highest BCUT2D eigenvalue weighted by Crippen LogP contribution is 2.26. The molecule has 19 heavy (non-hydrogen) atoms. The average molecular weight is 256 g/mol. The third-order valence-corrected chi connectivity index (χ3v) is 3.12. The highest BCUT2D eigenvalue weighted by Gasteiger charge is 2.21. The predicted octanol–water partition coefficient (Wildman–Crippen LogP) is 3.11. The summed E-state index contributed by atoms with van der Waals surface area (Å²) < 4.78 is 5.27. The summed E-state index contributed by atoms with van der Waals surface area (Å²) >= 11 is 0. The van der Waals surface area contributed by atoms with E-state index in [9.17, 15) is 9.90 Å². The Kier molecular flexibility index (Phi) is 4.18. The van der Waals surface area contributed by atoms with Crippen LogP contribution in [-0.4, -0.2) is 18.2 Å². The van der Waals surface area contributed by atoms with Crippen LogP contribution in [0.5, 0.6) is 5.75 Å². The number of benzene rings is 2. The van der Waals surface area contributed by atoms with Crippen molar-refractivity contribution in [2.45, 2.75) is 12.3 Å². The molecule has 2 aromatic rings. The predicted molar refractivity (Wildman–Crippen MR) is 73.5 cm³/mol. The van der Waals surface area contributed by atoms with Crippen LogP contribution in [0, 0.1) is 0 Å². The molecular weight excluding hydrogens is 240 g/mol. The Bertz CT molecular complexity index is 549. The van der Waals surface area contributed by atoms with Crippen molar-refractivity contribution in [3.05, 3.63) is 65.7 Å². The molecule has 1 N–H and O–H groups in total. The van der Waals surface area contributed by atoms with Gasteiger partial charge in [-0.15, -0.1) is 0 Å². The van der Waals surface area contributed by atoms with Gasteiger partial charge in [-0.25, -0.2) is 0 Å². The number of carbonyl (C=O) groups is 1. The molecule has 0 spiro atoms. The fourth-order valence-electron chi connectivity index (χ4n) is 2.12. The Hall–Kier alpha value is -2.29. The van der Waals surface area contributed by atoms with Crippen LogP contribution < -0.4 is 4.74 Å². The van der Waals surface area contributed by atoms with Gasteiger partial charge in [0.15, 0.2) is 0 Å². The number of carboxylic acids is 1. The number of para-hydroxylation sites is 1. The molecule has 0 aliphatic rings. The van der Waals surface area contributed by atoms with Crippen molar-refractivity contribution in [2.75, 3.05) is 7.11 Å². The lowest BCUT2D eigenvalue weighted by Gasteiger charge is -2.15. The van der Waals surface area contributed by atoms with Gasteiger partial charge in [0.05, 0.1) is 13.0 Å². The van der Waals surface area contributed by atoms with Gasteiger partial charge < -0.3 is 9.84 Å². The molecule has 3 nitrogen and oxygen atoms in total. The van der Waals surface area contributed by atoms with Crippen molar-refractivity contribution in [2.24, 2.45) is 0 Å². The molecule has 3 heteroatoms. The topological polar surface area (TPSA) is 46.5 Å². The van der Waals surface area contributed by atoms with E-state index in [1.165, 1.54) is 0 Å². The summed E-state index contributed by atoms with van der Waals surface area (Å²) in [5.74, 6) is -0.653. The number of carboxylic acid groups (broad SMARTS) is 1. The smallest absolute Gasteiger partial charge is 0.311 e. The van der Waals surface area contributed by atoms with E-state index in [4.69, 9.17) is 4.74 Å². The SMILES string of the molecule is COc1ccccc1CC(C(=O)O)c1ccccc1. The van der Waals surface area contributed by atoms with Crippen LogP contribution in [0.25, 0.3) is 0 Å². The second kappa shape index (κ2) is 6.05. The van der Waals surface area contributed by atoms with Gasteiger partial charge in [0.1, 0.15) is 5.75 Å². The number of aliphatic carboxylic acids is 1. The molecule has 1 unspecified atom stereocenters. The zero-order valence-corrected chi connectivity index (χ0v) is 10.7. The molecule has 0 aromatic heterocycles. The van der Waals surface area contributed by atoms with Gasteiger partial charge in [-0.05, 0) is 23.6 Å². The molecule has 0 aliphatic carbocycles. The molecule has 2 rings (SSSR count). The minimum atomic E-state index is -0.822. The first-order chi connectivity index (χ1) is 9.22. The van der Waals surface area contributed by atoms with Gasteiger partial charge in [0.25, 0.3) is 0 Å². The van der Waals surface area contributed by atoms with Crippen molar-refractivity contribution in [1.29, 1.82) is 0 Å². The molecule has 0 bridgehead atoms. The van der Waals surface area contributed by atoms with Crippen molar-refractivity contribution >= 4 is 5.97 Å². The zero-order valence-electron chi connectivity index (χ0n) is 10.7. The van der Waals surface area contributed by atoms with Gasteiger partial charge in [-0.1, -0.05) is 48.5 Å². The minimum absolute atomic E-state index is 0.420. The molecule has 0 radical (unpaired) electrons. The van der Waals surface area contributed by atoms with Crippen LogP contribution in [0.4, 0.5) is 0 Å². The van der Waals surface area contributed by atoms with Gasteiger partial charge >= 0.3 is 5.97 Å². The van der Waals surface area contributed by atoms with E-state index >= 15 is 0 Å². The first-order valence-corrected chi connectivity index (χ1v) is 6.12. The Morgan fingerprint density at radius 2 is 1.74 bits per heavy atom. The van der Waals surface area contributed by atoms with E-state index in [0.29, 0.717) is 6.42 Å². The quantitative estimate of drug-likeness (QED) is 0.894. The summed E-state index contributed by atoms with van der Waals surface area (Å²) in [6, 6.07) is 16.8. The molecule has 0 saturated heterocycles. The largest absolute Gasteiger partial charge is 0.496 e. The first kappa shape index (κ1) is 13.1. The van der Waals surface area contributed by atoms with E-state index in [2.05, 4.69) is 0 Å². The van der Waals surface area contributed by atoms with Crippen LogP contribution >= 0.6 is 0 Å². The highest BCUT2D eigenvalue weighted by molar-refractivity contribution is 5.76. The second-order valence-corrected chi connectivity index (χ2v) is 4.32. The highest BCUT2D eigenvalue weighted by atomic mass is 16.5. The summed E-state index contributed by atoms with van der Waals surface area (Å²) in [6.07, 6.45) is 0.420. The number of ether oxygens (including phenoxy) is 1.